The van der Waals surface area contributed by atoms with Gasteiger partial charge in [-0.3, -0.25) is 0 Å². The number of hydrogen-bond donors (Lipinski definition) is 0. The SMILES string of the molecule is COc1cc(C=C(OC(=Cc2cc(OC)cc(OC)c2)c2ccccc2C)c2ccccc2C)cc(OC)c1. The van der Waals surface area contributed by atoms with Crippen LogP contribution in [0.1, 0.15) is 33.4 Å². The zero-order valence-corrected chi connectivity index (χ0v) is 23.3. The first-order chi connectivity index (χ1) is 18.9. The van der Waals surface area contributed by atoms with E-state index in [1.54, 1.807) is 28.4 Å². The topological polar surface area (TPSA) is 46.2 Å². The summed E-state index contributed by atoms with van der Waals surface area (Å²) in [7, 11) is 6.57. The minimum atomic E-state index is 0.688. The maximum atomic E-state index is 6.85. The second-order valence-corrected chi connectivity index (χ2v) is 9.04. The summed E-state index contributed by atoms with van der Waals surface area (Å²) in [5.74, 6) is 4.16. The first-order valence-corrected chi connectivity index (χ1v) is 12.6. The van der Waals surface area contributed by atoms with Crippen LogP contribution in [0.3, 0.4) is 0 Å². The molecular weight excluding hydrogens is 488 g/mol. The van der Waals surface area contributed by atoms with Gasteiger partial charge in [0.05, 0.1) is 28.4 Å². The Morgan fingerprint density at radius 2 is 0.821 bits per heavy atom. The number of aryl methyl sites for hydroxylation is 2. The Hall–Kier alpha value is -4.64. The van der Waals surface area contributed by atoms with Gasteiger partial charge in [-0.2, -0.15) is 0 Å². The quantitative estimate of drug-likeness (QED) is 0.156. The van der Waals surface area contributed by atoms with Crippen LogP contribution in [0.4, 0.5) is 0 Å². The van der Waals surface area contributed by atoms with Crippen molar-refractivity contribution in [3.8, 4) is 23.0 Å². The summed E-state index contributed by atoms with van der Waals surface area (Å²) in [6.07, 6.45) is 4.01. The molecule has 0 saturated carbocycles. The van der Waals surface area contributed by atoms with Gasteiger partial charge in [-0.25, -0.2) is 0 Å². The van der Waals surface area contributed by atoms with Crippen LogP contribution in [0.15, 0.2) is 84.9 Å². The fourth-order valence-electron chi connectivity index (χ4n) is 4.27. The van der Waals surface area contributed by atoms with Gasteiger partial charge < -0.3 is 23.7 Å². The molecule has 200 valence electrons. The van der Waals surface area contributed by atoms with Crippen molar-refractivity contribution in [2.75, 3.05) is 28.4 Å². The molecule has 0 bridgehead atoms. The Kier molecular flexibility index (Phi) is 8.95. The van der Waals surface area contributed by atoms with Gasteiger partial charge in [0, 0.05) is 23.3 Å². The molecule has 4 rings (SSSR count). The summed E-state index contributed by atoms with van der Waals surface area (Å²) >= 11 is 0. The third-order valence-electron chi connectivity index (χ3n) is 6.38. The molecule has 0 saturated heterocycles. The molecule has 0 N–H and O–H groups in total. The zero-order valence-electron chi connectivity index (χ0n) is 23.3. The van der Waals surface area contributed by atoms with Crippen LogP contribution in [0, 0.1) is 13.8 Å². The Bertz CT molecular complexity index is 1340. The molecule has 0 aliphatic rings. The Morgan fingerprint density at radius 1 is 0.487 bits per heavy atom. The van der Waals surface area contributed by atoms with Crippen LogP contribution in [-0.4, -0.2) is 28.4 Å². The molecule has 0 amide bonds. The van der Waals surface area contributed by atoms with Gasteiger partial charge in [0.25, 0.3) is 0 Å². The highest BCUT2D eigenvalue weighted by Crippen LogP contribution is 2.34. The molecule has 0 radical (unpaired) electrons. The summed E-state index contributed by atoms with van der Waals surface area (Å²) in [5, 5.41) is 0. The Balaban J connectivity index is 1.92. The van der Waals surface area contributed by atoms with Gasteiger partial charge in [0.15, 0.2) is 0 Å². The van der Waals surface area contributed by atoms with E-state index in [0.717, 1.165) is 33.4 Å². The minimum Gasteiger partial charge on any atom is -0.497 e. The van der Waals surface area contributed by atoms with Crippen molar-refractivity contribution < 1.29 is 23.7 Å². The lowest BCUT2D eigenvalue weighted by molar-refractivity contribution is 0.394. The maximum absolute atomic E-state index is 6.85. The van der Waals surface area contributed by atoms with Crippen molar-refractivity contribution in [3.63, 3.8) is 0 Å². The van der Waals surface area contributed by atoms with Gasteiger partial charge in [-0.1, -0.05) is 48.5 Å². The Morgan fingerprint density at radius 3 is 1.13 bits per heavy atom. The van der Waals surface area contributed by atoms with E-state index >= 15 is 0 Å². The number of methoxy groups -OCH3 is 4. The molecule has 5 heteroatoms. The van der Waals surface area contributed by atoms with E-state index in [1.807, 2.05) is 72.8 Å². The molecule has 0 atom stereocenters. The molecule has 39 heavy (non-hydrogen) atoms. The van der Waals surface area contributed by atoms with Gasteiger partial charge in [0.2, 0.25) is 0 Å². The zero-order chi connectivity index (χ0) is 27.8. The highest BCUT2D eigenvalue weighted by molar-refractivity contribution is 5.87. The van der Waals surface area contributed by atoms with Crippen LogP contribution in [0.25, 0.3) is 23.7 Å². The normalized spacial score (nSPS) is 11.6. The number of hydrogen-bond acceptors (Lipinski definition) is 5. The van der Waals surface area contributed by atoms with Gasteiger partial charge in [-0.15, -0.1) is 0 Å². The summed E-state index contributed by atoms with van der Waals surface area (Å²) in [6, 6.07) is 27.8. The predicted molar refractivity (Wildman–Crippen MR) is 158 cm³/mol. The van der Waals surface area contributed by atoms with Crippen molar-refractivity contribution in [2.24, 2.45) is 0 Å². The van der Waals surface area contributed by atoms with Crippen LogP contribution in [0.5, 0.6) is 23.0 Å². The summed E-state index contributed by atoms with van der Waals surface area (Å²) in [6.45, 7) is 4.14. The fourth-order valence-corrected chi connectivity index (χ4v) is 4.27. The second-order valence-electron chi connectivity index (χ2n) is 9.04. The molecule has 5 nitrogen and oxygen atoms in total. The van der Waals surface area contributed by atoms with Crippen LogP contribution in [0.2, 0.25) is 0 Å². The number of rotatable bonds is 10. The standard InChI is InChI=1S/C34H34O5/c1-23-11-7-9-13-31(23)33(19-25-15-27(35-3)21-28(16-25)36-4)39-34(32-14-10-8-12-24(32)2)20-26-17-29(37-5)22-30(18-26)38-6/h7-22H,1-6H3. The summed E-state index contributed by atoms with van der Waals surface area (Å²) in [4.78, 5) is 0. The van der Waals surface area contributed by atoms with E-state index in [0.29, 0.717) is 34.5 Å². The van der Waals surface area contributed by atoms with Crippen LogP contribution >= 0.6 is 0 Å². The molecule has 0 aromatic heterocycles. The van der Waals surface area contributed by atoms with Crippen LogP contribution in [-0.2, 0) is 4.74 Å². The van der Waals surface area contributed by atoms with Gasteiger partial charge in [-0.05, 0) is 72.5 Å². The molecule has 0 heterocycles. The van der Waals surface area contributed by atoms with E-state index in [-0.39, 0.29) is 0 Å². The largest absolute Gasteiger partial charge is 0.497 e. The third kappa shape index (κ3) is 6.82. The molecular formula is C34H34O5. The van der Waals surface area contributed by atoms with Crippen molar-refractivity contribution >= 4 is 23.7 Å². The fraction of sp³-hybridized carbons (Fsp3) is 0.176. The lowest BCUT2D eigenvalue weighted by Gasteiger charge is -2.18. The van der Waals surface area contributed by atoms with E-state index in [2.05, 4.69) is 38.1 Å². The lowest BCUT2D eigenvalue weighted by Crippen LogP contribution is -1.98. The van der Waals surface area contributed by atoms with E-state index < -0.39 is 0 Å². The molecule has 0 fully saturated rings. The molecule has 0 aliphatic heterocycles. The highest BCUT2D eigenvalue weighted by Gasteiger charge is 2.15. The van der Waals surface area contributed by atoms with Crippen molar-refractivity contribution in [1.29, 1.82) is 0 Å². The summed E-state index contributed by atoms with van der Waals surface area (Å²) < 4.78 is 28.9. The molecule has 0 spiro atoms. The van der Waals surface area contributed by atoms with Crippen LogP contribution < -0.4 is 18.9 Å². The van der Waals surface area contributed by atoms with E-state index in [9.17, 15) is 0 Å². The molecule has 4 aromatic rings. The van der Waals surface area contributed by atoms with Crippen molar-refractivity contribution in [2.45, 2.75) is 13.8 Å². The van der Waals surface area contributed by atoms with E-state index in [1.165, 1.54) is 0 Å². The second kappa shape index (κ2) is 12.7. The van der Waals surface area contributed by atoms with Crippen molar-refractivity contribution in [3.05, 3.63) is 118 Å². The van der Waals surface area contributed by atoms with E-state index in [4.69, 9.17) is 23.7 Å². The summed E-state index contributed by atoms with van der Waals surface area (Å²) in [5.41, 5.74) is 5.90. The number of ether oxygens (including phenoxy) is 5. The third-order valence-corrected chi connectivity index (χ3v) is 6.38. The predicted octanol–water partition coefficient (Wildman–Crippen LogP) is 8.05. The van der Waals surface area contributed by atoms with Crippen molar-refractivity contribution in [1.82, 2.24) is 0 Å². The molecule has 4 aromatic carbocycles. The highest BCUT2D eigenvalue weighted by atomic mass is 16.5. The average molecular weight is 523 g/mol. The van der Waals surface area contributed by atoms with Gasteiger partial charge >= 0.3 is 0 Å². The molecule has 0 aliphatic carbocycles. The number of benzene rings is 4. The first kappa shape index (κ1) is 27.4. The maximum Gasteiger partial charge on any atom is 0.135 e. The molecule has 0 unspecified atom stereocenters. The smallest absolute Gasteiger partial charge is 0.135 e. The first-order valence-electron chi connectivity index (χ1n) is 12.6. The monoisotopic (exact) mass is 522 g/mol. The minimum absolute atomic E-state index is 0.688. The lowest BCUT2D eigenvalue weighted by atomic mass is 10.0. The Labute approximate surface area is 230 Å². The average Bonchev–Trinajstić information content (AvgIpc) is 2.96. The van der Waals surface area contributed by atoms with Gasteiger partial charge in [0.1, 0.15) is 34.5 Å².